The van der Waals surface area contributed by atoms with E-state index in [0.717, 1.165) is 19.1 Å². The number of piperidine rings is 1. The van der Waals surface area contributed by atoms with Crippen LogP contribution in [-0.4, -0.2) is 37.1 Å². The zero-order valence-electron chi connectivity index (χ0n) is 10.6. The fraction of sp³-hybridized carbons (Fsp3) is 0.846. The molecule has 1 saturated heterocycles. The van der Waals surface area contributed by atoms with Crippen molar-refractivity contribution in [2.75, 3.05) is 26.2 Å². The first-order valence-corrected chi connectivity index (χ1v) is 6.08. The number of hydrogen-bond acceptors (Lipinski definition) is 2. The lowest BCUT2D eigenvalue weighted by atomic mass is 9.95. The normalized spacial score (nSPS) is 20.5. The molecule has 0 bridgehead atoms. The van der Waals surface area contributed by atoms with E-state index in [-0.39, 0.29) is 0 Å². The van der Waals surface area contributed by atoms with Crippen molar-refractivity contribution in [3.63, 3.8) is 0 Å². The highest BCUT2D eigenvalue weighted by atomic mass is 15.1. The van der Waals surface area contributed by atoms with Gasteiger partial charge in [-0.3, -0.25) is 4.90 Å². The average molecular weight is 210 g/mol. The van der Waals surface area contributed by atoms with Crippen molar-refractivity contribution in [1.29, 1.82) is 0 Å². The molecule has 1 N–H and O–H groups in total. The van der Waals surface area contributed by atoms with Crippen molar-refractivity contribution in [3.8, 4) is 0 Å². The van der Waals surface area contributed by atoms with E-state index in [0.29, 0.717) is 5.41 Å². The lowest BCUT2D eigenvalue weighted by Gasteiger charge is -2.33. The molecule has 1 heterocycles. The Hall–Kier alpha value is -0.340. The van der Waals surface area contributed by atoms with Crippen molar-refractivity contribution >= 4 is 0 Å². The van der Waals surface area contributed by atoms with Crippen LogP contribution in [0.4, 0.5) is 0 Å². The minimum atomic E-state index is 0.401. The number of rotatable bonds is 4. The maximum atomic E-state index is 3.79. The van der Waals surface area contributed by atoms with Gasteiger partial charge in [-0.2, -0.15) is 0 Å². The molecule has 2 heteroatoms. The molecule has 0 unspecified atom stereocenters. The Morgan fingerprint density at radius 3 is 2.40 bits per heavy atom. The van der Waals surface area contributed by atoms with Crippen LogP contribution in [0.5, 0.6) is 0 Å². The Labute approximate surface area is 94.7 Å². The van der Waals surface area contributed by atoms with Crippen molar-refractivity contribution < 1.29 is 0 Å². The fourth-order valence-corrected chi connectivity index (χ4v) is 1.95. The molecule has 0 saturated carbocycles. The van der Waals surface area contributed by atoms with Gasteiger partial charge >= 0.3 is 0 Å². The molecule has 15 heavy (non-hydrogen) atoms. The number of nitrogens with one attached hydrogen (secondary N) is 1. The summed E-state index contributed by atoms with van der Waals surface area (Å²) in [7, 11) is 0. The van der Waals surface area contributed by atoms with E-state index in [2.05, 4.69) is 37.6 Å². The summed E-state index contributed by atoms with van der Waals surface area (Å²) in [5.41, 5.74) is 0.401. The van der Waals surface area contributed by atoms with Crippen LogP contribution in [0.25, 0.3) is 0 Å². The minimum Gasteiger partial charge on any atom is -0.313 e. The maximum Gasteiger partial charge on any atom is 0.0160 e. The Kier molecular flexibility index (Phi) is 4.81. The second kappa shape index (κ2) is 5.66. The van der Waals surface area contributed by atoms with Gasteiger partial charge in [-0.1, -0.05) is 26.8 Å². The summed E-state index contributed by atoms with van der Waals surface area (Å²) < 4.78 is 0. The third kappa shape index (κ3) is 5.33. The molecule has 1 aliphatic heterocycles. The number of likely N-dealkylation sites (tertiary alicyclic amines) is 1. The molecule has 0 amide bonds. The zero-order chi connectivity index (χ0) is 11.3. The average Bonchev–Trinajstić information content (AvgIpc) is 2.16. The third-order valence-corrected chi connectivity index (χ3v) is 2.90. The molecule has 1 aliphatic rings. The Balaban J connectivity index is 2.17. The van der Waals surface area contributed by atoms with Crippen LogP contribution in [0.15, 0.2) is 12.7 Å². The molecule has 0 atom stereocenters. The van der Waals surface area contributed by atoms with Gasteiger partial charge in [0.05, 0.1) is 0 Å². The molecule has 88 valence electrons. The van der Waals surface area contributed by atoms with Crippen LogP contribution in [0, 0.1) is 5.41 Å². The number of nitrogens with zero attached hydrogens (tertiary/aromatic N) is 1. The minimum absolute atomic E-state index is 0.401. The van der Waals surface area contributed by atoms with Gasteiger partial charge in [0, 0.05) is 19.1 Å². The molecule has 0 aliphatic carbocycles. The predicted molar refractivity (Wildman–Crippen MR) is 67.1 cm³/mol. The van der Waals surface area contributed by atoms with E-state index < -0.39 is 0 Å². The molecule has 0 aromatic rings. The Morgan fingerprint density at radius 1 is 1.33 bits per heavy atom. The van der Waals surface area contributed by atoms with Crippen molar-refractivity contribution in [2.24, 2.45) is 5.41 Å². The van der Waals surface area contributed by atoms with E-state index >= 15 is 0 Å². The van der Waals surface area contributed by atoms with Crippen molar-refractivity contribution in [2.45, 2.75) is 39.7 Å². The van der Waals surface area contributed by atoms with Gasteiger partial charge < -0.3 is 5.32 Å². The largest absolute Gasteiger partial charge is 0.313 e. The predicted octanol–water partition coefficient (Wildman–Crippen LogP) is 2.27. The Morgan fingerprint density at radius 2 is 1.93 bits per heavy atom. The Bertz CT molecular complexity index is 185. The van der Waals surface area contributed by atoms with Gasteiger partial charge in [0.2, 0.25) is 0 Å². The second-order valence-corrected chi connectivity index (χ2v) is 5.81. The lowest BCUT2D eigenvalue weighted by Crippen LogP contribution is -2.44. The zero-order valence-corrected chi connectivity index (χ0v) is 10.6. The van der Waals surface area contributed by atoms with Crippen molar-refractivity contribution in [1.82, 2.24) is 10.2 Å². The summed E-state index contributed by atoms with van der Waals surface area (Å²) in [5.74, 6) is 0. The van der Waals surface area contributed by atoms with Gasteiger partial charge in [-0.15, -0.1) is 6.58 Å². The topological polar surface area (TPSA) is 15.3 Å². The summed E-state index contributed by atoms with van der Waals surface area (Å²) in [6, 6.07) is 0.727. The summed E-state index contributed by atoms with van der Waals surface area (Å²) in [4.78, 5) is 2.47. The molecule has 1 rings (SSSR count). The summed E-state index contributed by atoms with van der Waals surface area (Å²) in [6.07, 6.45) is 4.57. The smallest absolute Gasteiger partial charge is 0.0160 e. The highest BCUT2D eigenvalue weighted by Crippen LogP contribution is 2.14. The van der Waals surface area contributed by atoms with Gasteiger partial charge in [0.15, 0.2) is 0 Å². The fourth-order valence-electron chi connectivity index (χ4n) is 1.95. The second-order valence-electron chi connectivity index (χ2n) is 5.81. The highest BCUT2D eigenvalue weighted by Gasteiger charge is 2.19. The van der Waals surface area contributed by atoms with Gasteiger partial charge in [-0.25, -0.2) is 0 Å². The first-order chi connectivity index (χ1) is 7.01. The molecule has 1 fully saturated rings. The summed E-state index contributed by atoms with van der Waals surface area (Å²) >= 11 is 0. The molecule has 0 radical (unpaired) electrons. The van der Waals surface area contributed by atoms with Gasteiger partial charge in [-0.05, 0) is 31.3 Å². The van der Waals surface area contributed by atoms with Crippen molar-refractivity contribution in [3.05, 3.63) is 12.7 Å². The van der Waals surface area contributed by atoms with Crippen LogP contribution in [0.1, 0.15) is 33.6 Å². The first kappa shape index (κ1) is 12.7. The van der Waals surface area contributed by atoms with E-state index in [1.54, 1.807) is 0 Å². The monoisotopic (exact) mass is 210 g/mol. The first-order valence-electron chi connectivity index (χ1n) is 6.08. The van der Waals surface area contributed by atoms with Gasteiger partial charge in [0.25, 0.3) is 0 Å². The van der Waals surface area contributed by atoms with E-state index in [1.165, 1.54) is 25.9 Å². The van der Waals surface area contributed by atoms with E-state index in [4.69, 9.17) is 0 Å². The number of hydrogen-bond donors (Lipinski definition) is 1. The standard InChI is InChI=1S/C13H26N2/c1-5-8-15-9-6-12(7-10-15)14-11-13(2,3)4/h5,12,14H,1,6-11H2,2-4H3. The summed E-state index contributed by atoms with van der Waals surface area (Å²) in [5, 5.41) is 3.67. The SMILES string of the molecule is C=CCN1CCC(NCC(C)(C)C)CC1. The van der Waals surface area contributed by atoms with Crippen LogP contribution in [0.3, 0.4) is 0 Å². The molecule has 2 nitrogen and oxygen atoms in total. The molecular weight excluding hydrogens is 184 g/mol. The molecular formula is C13H26N2. The highest BCUT2D eigenvalue weighted by molar-refractivity contribution is 4.82. The van der Waals surface area contributed by atoms with Crippen LogP contribution in [0.2, 0.25) is 0 Å². The molecule has 0 aromatic heterocycles. The molecule has 0 spiro atoms. The van der Waals surface area contributed by atoms with E-state index in [9.17, 15) is 0 Å². The summed E-state index contributed by atoms with van der Waals surface area (Å²) in [6.45, 7) is 15.2. The van der Waals surface area contributed by atoms with Crippen LogP contribution >= 0.6 is 0 Å². The maximum absolute atomic E-state index is 3.79. The van der Waals surface area contributed by atoms with Gasteiger partial charge in [0.1, 0.15) is 0 Å². The molecule has 0 aromatic carbocycles. The lowest BCUT2D eigenvalue weighted by molar-refractivity contribution is 0.205. The van der Waals surface area contributed by atoms with E-state index in [1.807, 2.05) is 6.08 Å². The van der Waals surface area contributed by atoms with Crippen LogP contribution in [-0.2, 0) is 0 Å². The quantitative estimate of drug-likeness (QED) is 0.716. The van der Waals surface area contributed by atoms with Crippen LogP contribution < -0.4 is 5.32 Å². The third-order valence-electron chi connectivity index (χ3n) is 2.90.